The third kappa shape index (κ3) is 8.06. The summed E-state index contributed by atoms with van der Waals surface area (Å²) < 4.78 is 34.5. The van der Waals surface area contributed by atoms with Gasteiger partial charge in [-0.2, -0.15) is 0 Å². The number of hydrogen-bond acceptors (Lipinski definition) is 5. The molecule has 0 aliphatic heterocycles. The minimum absolute atomic E-state index is 0.0600. The van der Waals surface area contributed by atoms with Gasteiger partial charge in [-0.25, -0.2) is 8.42 Å². The second-order valence-electron chi connectivity index (χ2n) is 8.99. The lowest BCUT2D eigenvalue weighted by molar-refractivity contribution is -0.139. The number of nitrogens with zero attached hydrogens (tertiary/aromatic N) is 2. The first kappa shape index (κ1) is 30.2. The molecule has 3 aromatic carbocycles. The Morgan fingerprint density at radius 1 is 1.00 bits per heavy atom. The van der Waals surface area contributed by atoms with Crippen LogP contribution in [0.4, 0.5) is 5.69 Å². The van der Waals surface area contributed by atoms with Crippen molar-refractivity contribution in [1.29, 1.82) is 0 Å². The summed E-state index contributed by atoms with van der Waals surface area (Å²) >= 11 is 3.40. The number of hydrogen-bond donors (Lipinski definition) is 1. The van der Waals surface area contributed by atoms with Crippen molar-refractivity contribution in [3.63, 3.8) is 0 Å². The average Bonchev–Trinajstić information content (AvgIpc) is 2.94. The van der Waals surface area contributed by atoms with E-state index in [0.29, 0.717) is 22.5 Å². The van der Waals surface area contributed by atoms with E-state index in [1.807, 2.05) is 19.1 Å². The molecule has 3 rings (SSSR count). The Balaban J connectivity index is 1.98. The highest BCUT2D eigenvalue weighted by atomic mass is 79.9. The molecule has 0 aliphatic rings. The van der Waals surface area contributed by atoms with E-state index in [-0.39, 0.29) is 17.3 Å². The Hall–Kier alpha value is -3.37. The molecule has 208 valence electrons. The molecule has 0 saturated heterocycles. The lowest BCUT2D eigenvalue weighted by Gasteiger charge is -2.32. The van der Waals surface area contributed by atoms with Crippen molar-refractivity contribution in [1.82, 2.24) is 10.2 Å². The smallest absolute Gasteiger partial charge is 0.264 e. The lowest BCUT2D eigenvalue weighted by atomic mass is 10.1. The van der Waals surface area contributed by atoms with Crippen LogP contribution in [0.25, 0.3) is 0 Å². The summed E-state index contributed by atoms with van der Waals surface area (Å²) in [6.45, 7) is 3.80. The summed E-state index contributed by atoms with van der Waals surface area (Å²) in [6, 6.07) is 21.1. The number of nitrogens with one attached hydrogen (secondary N) is 1. The Bertz CT molecular complexity index is 1350. The number of ether oxygens (including phenoxy) is 1. The molecule has 2 amide bonds. The van der Waals surface area contributed by atoms with Gasteiger partial charge >= 0.3 is 0 Å². The van der Waals surface area contributed by atoms with Crippen LogP contribution in [0.5, 0.6) is 5.75 Å². The largest absolute Gasteiger partial charge is 0.497 e. The molecule has 0 radical (unpaired) electrons. The van der Waals surface area contributed by atoms with Crippen LogP contribution in [0.1, 0.15) is 32.3 Å². The molecule has 0 bridgehead atoms. The van der Waals surface area contributed by atoms with Crippen LogP contribution >= 0.6 is 15.9 Å². The van der Waals surface area contributed by atoms with Gasteiger partial charge < -0.3 is 15.0 Å². The third-order valence-corrected chi connectivity index (χ3v) is 8.50. The van der Waals surface area contributed by atoms with Gasteiger partial charge in [0.05, 0.1) is 17.7 Å². The maximum absolute atomic E-state index is 13.9. The fourth-order valence-electron chi connectivity index (χ4n) is 3.93. The van der Waals surface area contributed by atoms with Gasteiger partial charge in [0.1, 0.15) is 18.3 Å². The van der Waals surface area contributed by atoms with Gasteiger partial charge in [-0.3, -0.25) is 13.9 Å². The Morgan fingerprint density at radius 2 is 1.69 bits per heavy atom. The number of halogens is 1. The van der Waals surface area contributed by atoms with Crippen LogP contribution in [0.2, 0.25) is 0 Å². The van der Waals surface area contributed by atoms with Crippen LogP contribution in [0.15, 0.2) is 88.2 Å². The molecular formula is C29H34BrN3O5S. The predicted octanol–water partition coefficient (Wildman–Crippen LogP) is 4.99. The number of sulfonamides is 1. The maximum Gasteiger partial charge on any atom is 0.264 e. The Kier molecular flexibility index (Phi) is 10.9. The van der Waals surface area contributed by atoms with Gasteiger partial charge in [0.25, 0.3) is 10.0 Å². The standard InChI is InChI=1S/C29H34BrN3O5S/c1-4-5-18-31-29(35)22(2)32(20-23-14-16-26(38-3)17-15-23)28(34)21-33(25-11-9-10-24(30)19-25)39(36,37)27-12-7-6-8-13-27/h6-17,19,22H,4-5,18,20-21H2,1-3H3,(H,31,35)/t22-/m1/s1. The van der Waals surface area contributed by atoms with Gasteiger partial charge in [-0.15, -0.1) is 0 Å². The van der Waals surface area contributed by atoms with Crippen molar-refractivity contribution in [2.24, 2.45) is 0 Å². The predicted molar refractivity (Wildman–Crippen MR) is 156 cm³/mol. The van der Waals surface area contributed by atoms with Crippen molar-refractivity contribution >= 4 is 43.5 Å². The first-order valence-corrected chi connectivity index (χ1v) is 14.9. The molecule has 1 N–H and O–H groups in total. The second-order valence-corrected chi connectivity index (χ2v) is 11.8. The summed E-state index contributed by atoms with van der Waals surface area (Å²) in [5.74, 6) is -0.148. The van der Waals surface area contributed by atoms with E-state index >= 15 is 0 Å². The maximum atomic E-state index is 13.9. The van der Waals surface area contributed by atoms with E-state index in [0.717, 1.165) is 22.7 Å². The number of benzene rings is 3. The van der Waals surface area contributed by atoms with Gasteiger partial charge in [0.15, 0.2) is 0 Å². The molecule has 0 fully saturated rings. The van der Waals surface area contributed by atoms with Gasteiger partial charge in [-0.05, 0) is 61.4 Å². The summed E-state index contributed by atoms with van der Waals surface area (Å²) in [7, 11) is -2.53. The molecule has 0 aromatic heterocycles. The van der Waals surface area contributed by atoms with Crippen molar-refractivity contribution in [3.8, 4) is 5.75 Å². The van der Waals surface area contributed by atoms with Crippen LogP contribution in [0.3, 0.4) is 0 Å². The lowest BCUT2D eigenvalue weighted by Crippen LogP contribution is -2.51. The molecule has 3 aromatic rings. The normalized spacial score (nSPS) is 11.9. The van der Waals surface area contributed by atoms with Crippen LogP contribution in [0, 0.1) is 0 Å². The molecular weight excluding hydrogens is 582 g/mol. The zero-order valence-electron chi connectivity index (χ0n) is 22.3. The first-order valence-electron chi connectivity index (χ1n) is 12.7. The highest BCUT2D eigenvalue weighted by molar-refractivity contribution is 9.10. The van der Waals surface area contributed by atoms with E-state index in [9.17, 15) is 18.0 Å². The Morgan fingerprint density at radius 3 is 2.31 bits per heavy atom. The van der Waals surface area contributed by atoms with Crippen LogP contribution in [-0.2, 0) is 26.2 Å². The number of carbonyl (C=O) groups excluding carboxylic acids is 2. The molecule has 10 heteroatoms. The Labute approximate surface area is 239 Å². The SMILES string of the molecule is CCCCNC(=O)[C@@H](C)N(Cc1ccc(OC)cc1)C(=O)CN(c1cccc(Br)c1)S(=O)(=O)c1ccccc1. The van der Waals surface area contributed by atoms with E-state index < -0.39 is 28.5 Å². The number of anilines is 1. The summed E-state index contributed by atoms with van der Waals surface area (Å²) in [6.07, 6.45) is 1.74. The molecule has 0 aliphatic carbocycles. The first-order chi connectivity index (χ1) is 18.7. The number of methoxy groups -OCH3 is 1. The fourth-order valence-corrected chi connectivity index (χ4v) is 5.74. The fraction of sp³-hybridized carbons (Fsp3) is 0.310. The van der Waals surface area contributed by atoms with E-state index in [1.54, 1.807) is 68.6 Å². The van der Waals surface area contributed by atoms with Gasteiger partial charge in [-0.1, -0.05) is 65.7 Å². The summed E-state index contributed by atoms with van der Waals surface area (Å²) in [5, 5.41) is 2.88. The van der Waals surface area contributed by atoms with Crippen molar-refractivity contribution in [2.75, 3.05) is 24.5 Å². The van der Waals surface area contributed by atoms with Gasteiger partial charge in [0, 0.05) is 17.6 Å². The minimum atomic E-state index is -4.10. The molecule has 0 unspecified atom stereocenters. The summed E-state index contributed by atoms with van der Waals surface area (Å²) in [5.41, 5.74) is 1.10. The van der Waals surface area contributed by atoms with Gasteiger partial charge in [0.2, 0.25) is 11.8 Å². The zero-order chi connectivity index (χ0) is 28.4. The molecule has 0 heterocycles. The molecule has 39 heavy (non-hydrogen) atoms. The summed E-state index contributed by atoms with van der Waals surface area (Å²) in [4.78, 5) is 28.4. The van der Waals surface area contributed by atoms with Crippen molar-refractivity contribution < 1.29 is 22.7 Å². The second kappa shape index (κ2) is 14.1. The monoisotopic (exact) mass is 615 g/mol. The van der Waals surface area contributed by atoms with E-state index in [4.69, 9.17) is 4.74 Å². The van der Waals surface area contributed by atoms with E-state index in [2.05, 4.69) is 21.2 Å². The minimum Gasteiger partial charge on any atom is -0.497 e. The van der Waals surface area contributed by atoms with Crippen molar-refractivity contribution in [3.05, 3.63) is 88.9 Å². The highest BCUT2D eigenvalue weighted by Crippen LogP contribution is 2.27. The zero-order valence-corrected chi connectivity index (χ0v) is 24.7. The molecule has 1 atom stereocenters. The highest BCUT2D eigenvalue weighted by Gasteiger charge is 2.32. The molecule has 0 spiro atoms. The number of amides is 2. The van der Waals surface area contributed by atoms with Crippen LogP contribution in [-0.4, -0.2) is 51.4 Å². The molecule has 0 saturated carbocycles. The number of rotatable bonds is 13. The number of unbranched alkanes of at least 4 members (excludes halogenated alkanes) is 1. The van der Waals surface area contributed by atoms with E-state index in [1.165, 1.54) is 17.0 Å². The number of carbonyl (C=O) groups is 2. The topological polar surface area (TPSA) is 96.0 Å². The van der Waals surface area contributed by atoms with Crippen molar-refractivity contribution in [2.45, 2.75) is 44.2 Å². The average molecular weight is 617 g/mol. The quantitative estimate of drug-likeness (QED) is 0.273. The molecule has 8 nitrogen and oxygen atoms in total. The third-order valence-electron chi connectivity index (χ3n) is 6.22. The van der Waals surface area contributed by atoms with Crippen LogP contribution < -0.4 is 14.4 Å².